The van der Waals surface area contributed by atoms with E-state index in [1.807, 2.05) is 6.20 Å². The number of ether oxygens (including phenoxy) is 1. The van der Waals surface area contributed by atoms with Gasteiger partial charge in [0.1, 0.15) is 5.65 Å². The molecule has 0 aromatic carbocycles. The van der Waals surface area contributed by atoms with Crippen molar-refractivity contribution in [1.82, 2.24) is 14.9 Å². The van der Waals surface area contributed by atoms with Crippen molar-refractivity contribution >= 4 is 11.0 Å². The van der Waals surface area contributed by atoms with Crippen LogP contribution in [0.5, 0.6) is 0 Å². The van der Waals surface area contributed by atoms with Gasteiger partial charge >= 0.3 is 0 Å². The first-order valence-electron chi connectivity index (χ1n) is 10.2. The van der Waals surface area contributed by atoms with Crippen LogP contribution >= 0.6 is 0 Å². The number of likely N-dealkylation sites (tertiary alicyclic amines) is 1. The van der Waals surface area contributed by atoms with E-state index in [0.717, 1.165) is 37.2 Å². The molecule has 1 aliphatic carbocycles. The number of nitrogens with zero attached hydrogens (tertiary/aromatic N) is 2. The van der Waals surface area contributed by atoms with Crippen LogP contribution in [0.4, 0.5) is 0 Å². The second kappa shape index (κ2) is 6.73. The lowest BCUT2D eigenvalue weighted by molar-refractivity contribution is 0.0533. The van der Waals surface area contributed by atoms with Crippen LogP contribution in [0.15, 0.2) is 18.3 Å². The quantitative estimate of drug-likeness (QED) is 0.890. The number of rotatable bonds is 3. The van der Waals surface area contributed by atoms with Crippen molar-refractivity contribution in [2.75, 3.05) is 13.2 Å². The van der Waals surface area contributed by atoms with Gasteiger partial charge in [0, 0.05) is 30.8 Å². The van der Waals surface area contributed by atoms with Crippen molar-refractivity contribution in [2.24, 2.45) is 5.92 Å². The lowest BCUT2D eigenvalue weighted by Gasteiger charge is -2.44. The summed E-state index contributed by atoms with van der Waals surface area (Å²) in [6.45, 7) is 3.20. The van der Waals surface area contributed by atoms with Gasteiger partial charge in [0.2, 0.25) is 0 Å². The van der Waals surface area contributed by atoms with Crippen LogP contribution in [0.25, 0.3) is 11.0 Å². The van der Waals surface area contributed by atoms with Gasteiger partial charge in [0.15, 0.2) is 0 Å². The molecule has 0 radical (unpaired) electrons. The lowest BCUT2D eigenvalue weighted by atomic mass is 9.78. The van der Waals surface area contributed by atoms with Crippen molar-refractivity contribution in [3.8, 4) is 0 Å². The smallest absolute Gasteiger partial charge is 0.137 e. The first kappa shape index (κ1) is 15.8. The summed E-state index contributed by atoms with van der Waals surface area (Å²) < 4.78 is 6.03. The standard InChI is InChI=1S/C21H29N3O/c1-2-9-18-15(6-1)7-4-12-24(18)14-17-16-8-3-11-22-21(16)23-20(17)19-10-5-13-25-19/h3,8,11,15,18-19H,1-2,4-7,9-10,12-14H2,(H,22,23)/t15-,18+,19-/m0/s1. The molecule has 3 atom stereocenters. The number of hydrogen-bond donors (Lipinski definition) is 1. The number of fused-ring (bicyclic) bond motifs is 2. The molecule has 0 unspecified atom stereocenters. The van der Waals surface area contributed by atoms with Crippen molar-refractivity contribution in [2.45, 2.75) is 70.1 Å². The molecule has 25 heavy (non-hydrogen) atoms. The Morgan fingerprint density at radius 1 is 1.12 bits per heavy atom. The maximum atomic E-state index is 6.03. The van der Waals surface area contributed by atoms with Crippen molar-refractivity contribution in [1.29, 1.82) is 0 Å². The molecule has 3 fully saturated rings. The fourth-order valence-electron chi connectivity index (χ4n) is 5.47. The molecule has 5 rings (SSSR count). The number of piperidine rings is 1. The average Bonchev–Trinajstić information content (AvgIpc) is 3.30. The number of aromatic amines is 1. The second-order valence-corrected chi connectivity index (χ2v) is 8.14. The van der Waals surface area contributed by atoms with Crippen molar-refractivity contribution < 1.29 is 4.74 Å². The fourth-order valence-corrected chi connectivity index (χ4v) is 5.47. The topological polar surface area (TPSA) is 41.1 Å². The lowest BCUT2D eigenvalue weighted by Crippen LogP contribution is -2.46. The van der Waals surface area contributed by atoms with Crippen LogP contribution in [-0.4, -0.2) is 34.1 Å². The molecule has 4 nitrogen and oxygen atoms in total. The maximum Gasteiger partial charge on any atom is 0.137 e. The first-order valence-corrected chi connectivity index (χ1v) is 10.2. The van der Waals surface area contributed by atoms with Crippen LogP contribution in [-0.2, 0) is 11.3 Å². The van der Waals surface area contributed by atoms with Crippen LogP contribution in [0.2, 0.25) is 0 Å². The average molecular weight is 339 g/mol. The highest BCUT2D eigenvalue weighted by Crippen LogP contribution is 2.39. The van der Waals surface area contributed by atoms with E-state index in [-0.39, 0.29) is 6.10 Å². The Bertz CT molecular complexity index is 732. The predicted molar refractivity (Wildman–Crippen MR) is 99.4 cm³/mol. The summed E-state index contributed by atoms with van der Waals surface area (Å²) >= 11 is 0. The molecule has 4 heteroatoms. The van der Waals surface area contributed by atoms with E-state index < -0.39 is 0 Å². The second-order valence-electron chi connectivity index (χ2n) is 8.14. The zero-order valence-electron chi connectivity index (χ0n) is 15.0. The van der Waals surface area contributed by atoms with E-state index in [4.69, 9.17) is 4.74 Å². The molecule has 4 heterocycles. The number of aromatic nitrogens is 2. The van der Waals surface area contributed by atoms with Crippen LogP contribution in [0, 0.1) is 5.92 Å². The molecule has 2 saturated heterocycles. The van der Waals surface area contributed by atoms with E-state index in [1.165, 1.54) is 68.1 Å². The molecule has 2 aliphatic heterocycles. The summed E-state index contributed by atoms with van der Waals surface area (Å²) in [7, 11) is 0. The van der Waals surface area contributed by atoms with E-state index in [9.17, 15) is 0 Å². The molecular weight excluding hydrogens is 310 g/mol. The van der Waals surface area contributed by atoms with Crippen LogP contribution in [0.1, 0.15) is 68.7 Å². The van der Waals surface area contributed by atoms with Crippen LogP contribution < -0.4 is 0 Å². The molecule has 3 aliphatic rings. The molecule has 134 valence electrons. The van der Waals surface area contributed by atoms with Gasteiger partial charge in [-0.1, -0.05) is 12.8 Å². The summed E-state index contributed by atoms with van der Waals surface area (Å²) in [6.07, 6.45) is 12.9. The van der Waals surface area contributed by atoms with E-state index in [2.05, 4.69) is 27.0 Å². The first-order chi connectivity index (χ1) is 12.4. The molecule has 0 spiro atoms. The normalized spacial score (nSPS) is 30.6. The van der Waals surface area contributed by atoms with Gasteiger partial charge in [0.05, 0.1) is 11.8 Å². The largest absolute Gasteiger partial charge is 0.372 e. The summed E-state index contributed by atoms with van der Waals surface area (Å²) in [5, 5.41) is 1.30. The van der Waals surface area contributed by atoms with Gasteiger partial charge in [-0.2, -0.15) is 0 Å². The maximum absolute atomic E-state index is 6.03. The molecule has 1 N–H and O–H groups in total. The summed E-state index contributed by atoms with van der Waals surface area (Å²) in [6, 6.07) is 5.09. The Morgan fingerprint density at radius 2 is 2.04 bits per heavy atom. The van der Waals surface area contributed by atoms with Gasteiger partial charge in [-0.15, -0.1) is 0 Å². The van der Waals surface area contributed by atoms with E-state index in [0.29, 0.717) is 0 Å². The number of H-pyrrole nitrogens is 1. The number of pyridine rings is 1. The van der Waals surface area contributed by atoms with Gasteiger partial charge in [-0.05, 0) is 68.7 Å². The van der Waals surface area contributed by atoms with E-state index in [1.54, 1.807) is 0 Å². The fraction of sp³-hybridized carbons (Fsp3) is 0.667. The van der Waals surface area contributed by atoms with Gasteiger partial charge in [0.25, 0.3) is 0 Å². The highest BCUT2D eigenvalue weighted by Gasteiger charge is 2.34. The minimum Gasteiger partial charge on any atom is -0.372 e. The Balaban J connectivity index is 1.49. The third-order valence-corrected chi connectivity index (χ3v) is 6.68. The molecule has 0 bridgehead atoms. The molecule has 2 aromatic heterocycles. The molecule has 2 aromatic rings. The predicted octanol–water partition coefficient (Wildman–Crippen LogP) is 4.57. The van der Waals surface area contributed by atoms with Crippen molar-refractivity contribution in [3.05, 3.63) is 29.6 Å². The zero-order valence-corrected chi connectivity index (χ0v) is 15.0. The SMILES string of the molecule is c1cnc2[nH]c([C@@H]3CCCO3)c(CN3CCC[C@@H]4CCCC[C@H]43)c2c1. The molecule has 1 saturated carbocycles. The third kappa shape index (κ3) is 2.89. The molecule has 0 amide bonds. The highest BCUT2D eigenvalue weighted by atomic mass is 16.5. The summed E-state index contributed by atoms with van der Waals surface area (Å²) in [4.78, 5) is 11.0. The third-order valence-electron chi connectivity index (χ3n) is 6.68. The Hall–Kier alpha value is -1.39. The van der Waals surface area contributed by atoms with Gasteiger partial charge in [-0.3, -0.25) is 4.90 Å². The van der Waals surface area contributed by atoms with E-state index >= 15 is 0 Å². The Labute approximate surface area is 150 Å². The summed E-state index contributed by atoms with van der Waals surface area (Å²) in [5.41, 5.74) is 3.77. The Kier molecular flexibility index (Phi) is 4.26. The zero-order chi connectivity index (χ0) is 16.6. The highest BCUT2D eigenvalue weighted by molar-refractivity contribution is 5.81. The minimum absolute atomic E-state index is 0.233. The van der Waals surface area contributed by atoms with Crippen LogP contribution in [0.3, 0.4) is 0 Å². The van der Waals surface area contributed by atoms with Crippen molar-refractivity contribution in [3.63, 3.8) is 0 Å². The molecular formula is C21H29N3O. The number of nitrogens with one attached hydrogen (secondary N) is 1. The Morgan fingerprint density at radius 3 is 2.96 bits per heavy atom. The minimum atomic E-state index is 0.233. The summed E-state index contributed by atoms with van der Waals surface area (Å²) in [5.74, 6) is 0.928. The van der Waals surface area contributed by atoms with Gasteiger partial charge < -0.3 is 9.72 Å². The monoisotopic (exact) mass is 339 g/mol. The van der Waals surface area contributed by atoms with Gasteiger partial charge in [-0.25, -0.2) is 4.98 Å². The number of hydrogen-bond acceptors (Lipinski definition) is 3.